The lowest BCUT2D eigenvalue weighted by Crippen LogP contribution is -2.34. The summed E-state index contributed by atoms with van der Waals surface area (Å²) in [6.45, 7) is 0. The van der Waals surface area contributed by atoms with E-state index in [1.165, 1.54) is 0 Å². The number of alkyl halides is 5. The molecule has 0 bridgehead atoms. The molecule has 0 aliphatic carbocycles. The molecule has 0 fully saturated rings. The van der Waals surface area contributed by atoms with Gasteiger partial charge in [0.15, 0.2) is 0 Å². The lowest BCUT2D eigenvalue weighted by atomic mass is 10.4. The third kappa shape index (κ3) is 5.73. The van der Waals surface area contributed by atoms with Gasteiger partial charge in [0.05, 0.1) is 12.1 Å². The predicted octanol–water partition coefficient (Wildman–Crippen LogP) is 2.13. The Bertz CT molecular complexity index is 275. The highest BCUT2D eigenvalue weighted by Crippen LogP contribution is 2.34. The summed E-state index contributed by atoms with van der Waals surface area (Å²) in [7, 11) is 0. The predicted molar refractivity (Wildman–Crippen MR) is 32.5 cm³/mol. The number of halogens is 5. The van der Waals surface area contributed by atoms with Crippen molar-refractivity contribution in [3.8, 4) is 18.2 Å². The molecule has 0 saturated carbocycles. The van der Waals surface area contributed by atoms with Gasteiger partial charge < -0.3 is 0 Å². The second-order valence-corrected chi connectivity index (χ2v) is 1.68. The quantitative estimate of drug-likeness (QED) is 0.576. The van der Waals surface area contributed by atoms with Gasteiger partial charge in [0, 0.05) is 0 Å². The van der Waals surface area contributed by atoms with Gasteiger partial charge >= 0.3 is 12.1 Å². The molecule has 0 heterocycles. The minimum atomic E-state index is -5.75. The Hall–Kier alpha value is -1.88. The number of nitriles is 3. The fourth-order valence-corrected chi connectivity index (χ4v) is 0.0987. The van der Waals surface area contributed by atoms with Gasteiger partial charge in [-0.1, -0.05) is 0 Å². The molecule has 0 atom stereocenters. The van der Waals surface area contributed by atoms with Gasteiger partial charge in [-0.2, -0.15) is 37.7 Å². The molecule has 0 amide bonds. The average molecular weight is 211 g/mol. The normalized spacial score (nSPS) is 9.86. The first-order chi connectivity index (χ1) is 6.22. The van der Waals surface area contributed by atoms with Crippen molar-refractivity contribution in [1.82, 2.24) is 0 Å². The molecule has 0 aromatic heterocycles. The van der Waals surface area contributed by atoms with E-state index in [1.54, 1.807) is 12.1 Å². The molecule has 0 aliphatic heterocycles. The highest BCUT2D eigenvalue weighted by molar-refractivity contribution is 4.97. The van der Waals surface area contributed by atoms with E-state index in [9.17, 15) is 22.0 Å². The van der Waals surface area contributed by atoms with Gasteiger partial charge in [0.25, 0.3) is 0 Å². The Labute approximate surface area is 75.6 Å². The third-order valence-electron chi connectivity index (χ3n) is 0.655. The Kier molecular flexibility index (Phi) is 5.97. The molecule has 0 spiro atoms. The van der Waals surface area contributed by atoms with Crippen molar-refractivity contribution in [3.63, 3.8) is 0 Å². The van der Waals surface area contributed by atoms with Gasteiger partial charge in [-0.25, -0.2) is 0 Å². The van der Waals surface area contributed by atoms with E-state index < -0.39 is 12.1 Å². The average Bonchev–Trinajstić information content (AvgIpc) is 2.05. The van der Waals surface area contributed by atoms with E-state index in [4.69, 9.17) is 15.8 Å². The maximum atomic E-state index is 11.2. The van der Waals surface area contributed by atoms with Crippen LogP contribution in [0.5, 0.6) is 0 Å². The smallest absolute Gasteiger partial charge is 0.197 e. The fourth-order valence-electron chi connectivity index (χ4n) is 0.0987. The molecule has 0 saturated heterocycles. The molecule has 0 aromatic rings. The van der Waals surface area contributed by atoms with Crippen molar-refractivity contribution in [3.05, 3.63) is 0 Å². The molecule has 76 valence electrons. The Balaban J connectivity index is 0. The van der Waals surface area contributed by atoms with Gasteiger partial charge in [0.1, 0.15) is 12.5 Å². The van der Waals surface area contributed by atoms with Crippen molar-refractivity contribution in [2.24, 2.45) is 0 Å². The third-order valence-corrected chi connectivity index (χ3v) is 0.655. The van der Waals surface area contributed by atoms with Crippen LogP contribution in [0.2, 0.25) is 0 Å². The van der Waals surface area contributed by atoms with Gasteiger partial charge in [-0.3, -0.25) is 0 Å². The van der Waals surface area contributed by atoms with Crippen molar-refractivity contribution in [2.45, 2.75) is 18.5 Å². The van der Waals surface area contributed by atoms with Crippen LogP contribution in [0.3, 0.4) is 0 Å². The molecule has 0 unspecified atom stereocenters. The molecular formula is C6H2F5N3. The second kappa shape index (κ2) is 5.71. The second-order valence-electron chi connectivity index (χ2n) is 1.68. The number of rotatable bonds is 0. The molecule has 14 heavy (non-hydrogen) atoms. The highest BCUT2D eigenvalue weighted by Gasteiger charge is 2.58. The SMILES string of the molecule is N#CC(F)(F)C(F)(F)F.N#CCC#N. The summed E-state index contributed by atoms with van der Waals surface area (Å²) in [4.78, 5) is 0. The minimum Gasteiger partial charge on any atom is -0.197 e. The Morgan fingerprint density at radius 3 is 1.21 bits per heavy atom. The first-order valence-electron chi connectivity index (χ1n) is 2.82. The Morgan fingerprint density at radius 2 is 1.21 bits per heavy atom. The van der Waals surface area contributed by atoms with Gasteiger partial charge in [-0.15, -0.1) is 0 Å². The van der Waals surface area contributed by atoms with Crippen molar-refractivity contribution >= 4 is 0 Å². The van der Waals surface area contributed by atoms with E-state index in [-0.39, 0.29) is 12.5 Å². The monoisotopic (exact) mass is 211 g/mol. The molecule has 0 aromatic carbocycles. The maximum Gasteiger partial charge on any atom is 0.468 e. The van der Waals surface area contributed by atoms with Crippen molar-refractivity contribution in [1.29, 1.82) is 15.8 Å². The molecular weight excluding hydrogens is 209 g/mol. The Morgan fingerprint density at radius 1 is 0.857 bits per heavy atom. The molecule has 0 radical (unpaired) electrons. The van der Waals surface area contributed by atoms with Crippen LogP contribution in [0.15, 0.2) is 0 Å². The first kappa shape index (κ1) is 14.6. The van der Waals surface area contributed by atoms with Gasteiger partial charge in [-0.05, 0) is 0 Å². The molecule has 0 rings (SSSR count). The van der Waals surface area contributed by atoms with Crippen LogP contribution in [0.25, 0.3) is 0 Å². The molecule has 3 nitrogen and oxygen atoms in total. The van der Waals surface area contributed by atoms with Crippen LogP contribution in [0, 0.1) is 34.0 Å². The summed E-state index contributed by atoms with van der Waals surface area (Å²) in [6.07, 6.45) is -5.75. The zero-order chi connectivity index (χ0) is 11.8. The largest absolute Gasteiger partial charge is 0.468 e. The summed E-state index contributed by atoms with van der Waals surface area (Å²) in [6, 6.07) is 3.14. The summed E-state index contributed by atoms with van der Waals surface area (Å²) >= 11 is 0. The van der Waals surface area contributed by atoms with Crippen molar-refractivity contribution < 1.29 is 22.0 Å². The molecule has 0 aliphatic rings. The lowest BCUT2D eigenvalue weighted by Gasteiger charge is -2.09. The summed E-state index contributed by atoms with van der Waals surface area (Å²) in [5.41, 5.74) is 0. The molecule has 0 N–H and O–H groups in total. The van der Waals surface area contributed by atoms with Crippen LogP contribution in [0.4, 0.5) is 22.0 Å². The van der Waals surface area contributed by atoms with E-state index in [2.05, 4.69) is 0 Å². The zero-order valence-corrected chi connectivity index (χ0v) is 6.44. The number of hydrogen-bond donors (Lipinski definition) is 0. The summed E-state index contributed by atoms with van der Waals surface area (Å²) in [5, 5.41) is 22.4. The summed E-state index contributed by atoms with van der Waals surface area (Å²) in [5.74, 6) is -5.22. The fraction of sp³-hybridized carbons (Fsp3) is 0.500. The van der Waals surface area contributed by atoms with Crippen LogP contribution >= 0.6 is 0 Å². The van der Waals surface area contributed by atoms with Crippen LogP contribution in [-0.2, 0) is 0 Å². The van der Waals surface area contributed by atoms with E-state index in [1.807, 2.05) is 0 Å². The topological polar surface area (TPSA) is 71.4 Å². The van der Waals surface area contributed by atoms with E-state index in [0.29, 0.717) is 0 Å². The number of nitrogens with zero attached hydrogens (tertiary/aromatic N) is 3. The maximum absolute atomic E-state index is 11.2. The lowest BCUT2D eigenvalue weighted by molar-refractivity contribution is -0.255. The first-order valence-corrected chi connectivity index (χ1v) is 2.82. The minimum absolute atomic E-state index is 0. The molecule has 8 heteroatoms. The van der Waals surface area contributed by atoms with E-state index >= 15 is 0 Å². The van der Waals surface area contributed by atoms with Gasteiger partial charge in [0.2, 0.25) is 0 Å². The van der Waals surface area contributed by atoms with Crippen molar-refractivity contribution in [2.75, 3.05) is 0 Å². The number of hydrogen-bond acceptors (Lipinski definition) is 3. The van der Waals surface area contributed by atoms with Crippen LogP contribution in [0.1, 0.15) is 6.42 Å². The van der Waals surface area contributed by atoms with E-state index in [0.717, 1.165) is 0 Å². The van der Waals surface area contributed by atoms with Crippen LogP contribution in [-0.4, -0.2) is 12.1 Å². The summed E-state index contributed by atoms with van der Waals surface area (Å²) < 4.78 is 54.9. The zero-order valence-electron chi connectivity index (χ0n) is 6.44. The van der Waals surface area contributed by atoms with Crippen LogP contribution < -0.4 is 0 Å². The highest BCUT2D eigenvalue weighted by atomic mass is 19.4. The standard InChI is InChI=1S/C3F5N.C3H2N2/c4-2(5,1-9)3(6,7)8;4-2-1-3-5/h;1H2.